The minimum Gasteiger partial charge on any atom is -0.493 e. The highest BCUT2D eigenvalue weighted by atomic mass is 35.5. The van der Waals surface area contributed by atoms with Crippen LogP contribution in [0.4, 0.5) is 4.79 Å². The summed E-state index contributed by atoms with van der Waals surface area (Å²) in [4.78, 5) is 37.5. The molecule has 0 unspecified atom stereocenters. The first-order valence-corrected chi connectivity index (χ1v) is 15.0. The van der Waals surface area contributed by atoms with Crippen molar-refractivity contribution >= 4 is 46.6 Å². The third kappa shape index (κ3) is 7.00. The zero-order chi connectivity index (χ0) is 32.8. The van der Waals surface area contributed by atoms with Crippen LogP contribution in [0, 0.1) is 6.92 Å². The van der Waals surface area contributed by atoms with Crippen molar-refractivity contribution in [2.24, 2.45) is 5.10 Å². The number of hydrogen-bond acceptors (Lipinski definition) is 7. The summed E-state index contributed by atoms with van der Waals surface area (Å²) < 4.78 is 18.6. The molecule has 5 rings (SSSR count). The zero-order valence-corrected chi connectivity index (χ0v) is 26.6. The van der Waals surface area contributed by atoms with Gasteiger partial charge in [0.05, 0.1) is 31.5 Å². The Morgan fingerprint density at radius 3 is 2.57 bits per heavy atom. The minimum atomic E-state index is -0.769. The second-order valence-corrected chi connectivity index (χ2v) is 10.9. The number of para-hydroxylation sites is 1. The number of ether oxygens (including phenoxy) is 3. The summed E-state index contributed by atoms with van der Waals surface area (Å²) >= 11 is 6.06. The van der Waals surface area contributed by atoms with Crippen molar-refractivity contribution < 1.29 is 28.6 Å². The molecule has 0 fully saturated rings. The maximum Gasteiger partial charge on any atom is 0.338 e. The van der Waals surface area contributed by atoms with Crippen molar-refractivity contribution in [1.29, 1.82) is 0 Å². The molecule has 12 heteroatoms. The highest BCUT2D eigenvalue weighted by Gasteiger charge is 2.32. The quantitative estimate of drug-likeness (QED) is 0.114. The summed E-state index contributed by atoms with van der Waals surface area (Å²) in [5.74, 6) is -0.411. The number of rotatable bonds is 11. The lowest BCUT2D eigenvalue weighted by Gasteiger charge is -2.28. The van der Waals surface area contributed by atoms with Gasteiger partial charge in [-0.05, 0) is 62.2 Å². The first-order valence-electron chi connectivity index (χ1n) is 14.6. The van der Waals surface area contributed by atoms with Gasteiger partial charge in [0.25, 0.3) is 5.91 Å². The average molecular weight is 644 g/mol. The lowest BCUT2D eigenvalue weighted by atomic mass is 9.95. The van der Waals surface area contributed by atoms with E-state index in [2.05, 4.69) is 31.8 Å². The molecule has 3 N–H and O–H groups in total. The SMILES string of the molecule is CCOC(=O)C1=C(C)NC(=O)N[C@H]1c1ccc(OCC(=O)N/N=C\c2c(C)n(Cc3ccc(Cl)cc3)c3ccccc23)c(OC)c1. The fourth-order valence-corrected chi connectivity index (χ4v) is 5.47. The number of urea groups is 1. The zero-order valence-electron chi connectivity index (χ0n) is 25.8. The van der Waals surface area contributed by atoms with E-state index in [1.807, 2.05) is 49.4 Å². The van der Waals surface area contributed by atoms with Gasteiger partial charge in [0.15, 0.2) is 18.1 Å². The molecule has 0 bridgehead atoms. The predicted octanol–water partition coefficient (Wildman–Crippen LogP) is 5.38. The maximum absolute atomic E-state index is 12.7. The Morgan fingerprint density at radius 2 is 1.83 bits per heavy atom. The van der Waals surface area contributed by atoms with Crippen LogP contribution in [0.2, 0.25) is 5.02 Å². The van der Waals surface area contributed by atoms with E-state index in [1.165, 1.54) is 7.11 Å². The number of nitrogens with zero attached hydrogens (tertiary/aromatic N) is 2. The van der Waals surface area contributed by atoms with Gasteiger partial charge < -0.3 is 29.4 Å². The summed E-state index contributed by atoms with van der Waals surface area (Å²) in [6.07, 6.45) is 1.63. The van der Waals surface area contributed by atoms with E-state index in [-0.39, 0.29) is 18.8 Å². The third-order valence-corrected chi connectivity index (χ3v) is 7.81. The number of methoxy groups -OCH3 is 1. The lowest BCUT2D eigenvalue weighted by molar-refractivity contribution is -0.139. The summed E-state index contributed by atoms with van der Waals surface area (Å²) in [5.41, 5.74) is 7.81. The largest absolute Gasteiger partial charge is 0.493 e. The number of nitrogens with one attached hydrogen (secondary N) is 3. The molecule has 0 spiro atoms. The van der Waals surface area contributed by atoms with Gasteiger partial charge in [0.2, 0.25) is 0 Å². The van der Waals surface area contributed by atoms with Gasteiger partial charge >= 0.3 is 12.0 Å². The van der Waals surface area contributed by atoms with Crippen LogP contribution in [0.25, 0.3) is 10.9 Å². The maximum atomic E-state index is 12.7. The summed E-state index contributed by atoms with van der Waals surface area (Å²) in [6.45, 7) is 5.86. The molecule has 1 aliphatic heterocycles. The van der Waals surface area contributed by atoms with E-state index in [4.69, 9.17) is 25.8 Å². The normalized spacial score (nSPS) is 14.6. The predicted molar refractivity (Wildman–Crippen MR) is 175 cm³/mol. The first-order chi connectivity index (χ1) is 22.2. The Kier molecular flexibility index (Phi) is 9.92. The molecule has 0 aliphatic carbocycles. The Bertz CT molecular complexity index is 1850. The van der Waals surface area contributed by atoms with E-state index in [0.717, 1.165) is 27.7 Å². The Labute approximate surface area is 271 Å². The smallest absolute Gasteiger partial charge is 0.338 e. The number of hydrazone groups is 1. The summed E-state index contributed by atoms with van der Waals surface area (Å²) in [6, 6.07) is 19.5. The highest BCUT2D eigenvalue weighted by Crippen LogP contribution is 2.34. The number of amides is 3. The van der Waals surface area contributed by atoms with Crippen LogP contribution in [0.5, 0.6) is 11.5 Å². The molecule has 0 saturated carbocycles. The van der Waals surface area contributed by atoms with E-state index < -0.39 is 23.9 Å². The van der Waals surface area contributed by atoms with Gasteiger partial charge in [-0.25, -0.2) is 15.0 Å². The topological polar surface area (TPSA) is 132 Å². The number of halogens is 1. The second kappa shape index (κ2) is 14.2. The van der Waals surface area contributed by atoms with Crippen molar-refractivity contribution in [3.8, 4) is 11.5 Å². The first kappa shape index (κ1) is 32.1. The molecule has 0 saturated heterocycles. The number of allylic oxidation sites excluding steroid dienone is 1. The molecule has 238 valence electrons. The molecule has 1 aliphatic rings. The number of fused-ring (bicyclic) bond motifs is 1. The number of hydrogen-bond donors (Lipinski definition) is 3. The van der Waals surface area contributed by atoms with Gasteiger partial charge in [-0.15, -0.1) is 0 Å². The monoisotopic (exact) mass is 643 g/mol. The van der Waals surface area contributed by atoms with Crippen LogP contribution < -0.4 is 25.5 Å². The molecule has 0 radical (unpaired) electrons. The molecule has 1 aromatic heterocycles. The van der Waals surface area contributed by atoms with Crippen LogP contribution >= 0.6 is 11.6 Å². The summed E-state index contributed by atoms with van der Waals surface area (Å²) in [7, 11) is 1.45. The second-order valence-electron chi connectivity index (χ2n) is 10.5. The Morgan fingerprint density at radius 1 is 1.07 bits per heavy atom. The molecular formula is C34H34ClN5O6. The molecule has 2 heterocycles. The van der Waals surface area contributed by atoms with Gasteiger partial charge in [-0.3, -0.25) is 4.79 Å². The lowest BCUT2D eigenvalue weighted by Crippen LogP contribution is -2.45. The molecule has 46 heavy (non-hydrogen) atoms. The van der Waals surface area contributed by atoms with E-state index in [9.17, 15) is 14.4 Å². The molecule has 3 amide bonds. The van der Waals surface area contributed by atoms with Gasteiger partial charge in [-0.1, -0.05) is 48.0 Å². The van der Waals surface area contributed by atoms with E-state index >= 15 is 0 Å². The third-order valence-electron chi connectivity index (χ3n) is 7.56. The van der Waals surface area contributed by atoms with Crippen molar-refractivity contribution in [2.45, 2.75) is 33.4 Å². The van der Waals surface area contributed by atoms with Crippen molar-refractivity contribution in [2.75, 3.05) is 20.3 Å². The number of benzene rings is 3. The molecule has 11 nitrogen and oxygen atoms in total. The van der Waals surface area contributed by atoms with Crippen LogP contribution in [-0.4, -0.2) is 49.0 Å². The Balaban J connectivity index is 1.27. The molecule has 1 atom stereocenters. The molecule has 3 aromatic carbocycles. The minimum absolute atomic E-state index is 0.186. The number of aromatic nitrogens is 1. The molecule has 4 aromatic rings. The van der Waals surface area contributed by atoms with Gasteiger partial charge in [0, 0.05) is 39.4 Å². The number of carbonyl (C=O) groups is 3. The van der Waals surface area contributed by atoms with Crippen LogP contribution in [0.15, 0.2) is 83.1 Å². The summed E-state index contributed by atoms with van der Waals surface area (Å²) in [5, 5.41) is 11.3. The van der Waals surface area contributed by atoms with Crippen LogP contribution in [0.3, 0.4) is 0 Å². The number of esters is 1. The molecular weight excluding hydrogens is 610 g/mol. The van der Waals surface area contributed by atoms with Gasteiger partial charge in [0.1, 0.15) is 0 Å². The fraction of sp³-hybridized carbons (Fsp3) is 0.235. The fourth-order valence-electron chi connectivity index (χ4n) is 5.35. The Hall–Kier alpha value is -5.29. The highest BCUT2D eigenvalue weighted by molar-refractivity contribution is 6.30. The average Bonchev–Trinajstić information content (AvgIpc) is 3.30. The van der Waals surface area contributed by atoms with Gasteiger partial charge in [-0.2, -0.15) is 5.10 Å². The van der Waals surface area contributed by atoms with E-state index in [1.54, 1.807) is 38.3 Å². The van der Waals surface area contributed by atoms with Crippen molar-refractivity contribution in [1.82, 2.24) is 20.6 Å². The van der Waals surface area contributed by atoms with Crippen LogP contribution in [0.1, 0.15) is 42.3 Å². The standard InChI is InChI=1S/C34H34ClN5O6/c1-5-45-33(42)31-20(2)37-34(43)38-32(31)23-12-15-28(29(16-23)44-4)46-19-30(41)39-36-17-26-21(3)40(27-9-7-6-8-25(26)27)18-22-10-13-24(35)14-11-22/h6-17,32H,5,18-19H2,1-4H3,(H,39,41)(H2,37,38,43)/b36-17-/t32-/m0/s1. The van der Waals surface area contributed by atoms with Crippen molar-refractivity contribution in [3.63, 3.8) is 0 Å². The van der Waals surface area contributed by atoms with Crippen molar-refractivity contribution in [3.05, 3.63) is 105 Å². The van der Waals surface area contributed by atoms with E-state index in [0.29, 0.717) is 34.3 Å². The van der Waals surface area contributed by atoms with Crippen LogP contribution in [-0.2, 0) is 20.9 Å². The number of carbonyl (C=O) groups excluding carboxylic acids is 3.